The summed E-state index contributed by atoms with van der Waals surface area (Å²) < 4.78 is 39.3. The van der Waals surface area contributed by atoms with E-state index in [1.54, 1.807) is 50.2 Å². The van der Waals surface area contributed by atoms with Crippen LogP contribution >= 0.6 is 0 Å². The average Bonchev–Trinajstić information content (AvgIpc) is 2.62. The van der Waals surface area contributed by atoms with Crippen molar-refractivity contribution in [3.8, 4) is 5.75 Å². The zero-order chi connectivity index (χ0) is 19.6. The highest BCUT2D eigenvalue weighted by Gasteiger charge is 2.36. The largest absolute Gasteiger partial charge is 0.462 e. The molecule has 27 heavy (non-hydrogen) atoms. The van der Waals surface area contributed by atoms with Crippen molar-refractivity contribution in [3.05, 3.63) is 71.0 Å². The van der Waals surface area contributed by atoms with Crippen LogP contribution in [-0.4, -0.2) is 21.0 Å². The molecule has 142 valence electrons. The average molecular weight is 387 g/mol. The monoisotopic (exact) mass is 387 g/mol. The molecule has 1 atom stereocenters. The lowest BCUT2D eigenvalue weighted by molar-refractivity contribution is -0.139. The van der Waals surface area contributed by atoms with Crippen molar-refractivity contribution in [2.75, 3.05) is 6.61 Å². The van der Waals surface area contributed by atoms with Crippen LogP contribution in [0.4, 0.5) is 0 Å². The van der Waals surface area contributed by atoms with Crippen LogP contribution in [0, 0.1) is 6.92 Å². The molecule has 0 radical (unpaired) electrons. The predicted molar refractivity (Wildman–Crippen MR) is 101 cm³/mol. The van der Waals surface area contributed by atoms with Gasteiger partial charge in [0.15, 0.2) is 0 Å². The summed E-state index contributed by atoms with van der Waals surface area (Å²) in [4.78, 5) is 12.6. The number of para-hydroxylation sites is 1. The van der Waals surface area contributed by atoms with Gasteiger partial charge in [0.05, 0.1) is 23.1 Å². The normalized spacial score (nSPS) is 16.5. The lowest BCUT2D eigenvalue weighted by atomic mass is 9.95. The lowest BCUT2D eigenvalue weighted by Crippen LogP contribution is -2.35. The van der Waals surface area contributed by atoms with Crippen LogP contribution in [0.2, 0.25) is 0 Å². The predicted octanol–water partition coefficient (Wildman–Crippen LogP) is 3.24. The standard InChI is InChI=1S/C20H21NO5S/c1-4-25-20(22)18-14(3)26-17-8-6-5-7-16(17)19(18)21-27(23,24)15-11-9-13(2)10-12-15/h5-12,19,21H,4H2,1-3H3/t19-/m1/s1. The second-order valence-corrected chi connectivity index (χ2v) is 7.91. The number of carbonyl (C=O) groups is 1. The zero-order valence-corrected chi connectivity index (χ0v) is 16.2. The van der Waals surface area contributed by atoms with Crippen molar-refractivity contribution in [2.45, 2.75) is 31.7 Å². The summed E-state index contributed by atoms with van der Waals surface area (Å²) in [5.74, 6) is 0.199. The van der Waals surface area contributed by atoms with Gasteiger partial charge in [-0.2, -0.15) is 4.72 Å². The first kappa shape index (κ1) is 19.1. The van der Waals surface area contributed by atoms with Crippen molar-refractivity contribution in [1.82, 2.24) is 4.72 Å². The minimum absolute atomic E-state index is 0.123. The second kappa shape index (κ2) is 7.54. The molecule has 0 saturated carbocycles. The molecule has 6 nitrogen and oxygen atoms in total. The number of aryl methyl sites for hydroxylation is 1. The Hall–Kier alpha value is -2.64. The minimum Gasteiger partial charge on any atom is -0.462 e. The topological polar surface area (TPSA) is 81.7 Å². The SMILES string of the molecule is CCOC(=O)C1=C(C)Oc2ccccc2[C@H]1NS(=O)(=O)c1ccc(C)cc1. The molecule has 0 unspecified atom stereocenters. The summed E-state index contributed by atoms with van der Waals surface area (Å²) in [6.07, 6.45) is 0. The Morgan fingerprint density at radius 3 is 2.44 bits per heavy atom. The number of carbonyl (C=O) groups excluding carboxylic acids is 1. The first-order chi connectivity index (χ1) is 12.8. The fourth-order valence-corrected chi connectivity index (χ4v) is 4.11. The Labute approximate surface area is 158 Å². The van der Waals surface area contributed by atoms with Crippen molar-refractivity contribution < 1.29 is 22.7 Å². The molecular formula is C20H21NO5S. The van der Waals surface area contributed by atoms with Gasteiger partial charge in [0.2, 0.25) is 10.0 Å². The maximum absolute atomic E-state index is 12.9. The van der Waals surface area contributed by atoms with Gasteiger partial charge in [-0.15, -0.1) is 0 Å². The number of fused-ring (bicyclic) bond motifs is 1. The lowest BCUT2D eigenvalue weighted by Gasteiger charge is -2.29. The quantitative estimate of drug-likeness (QED) is 0.797. The van der Waals surface area contributed by atoms with Gasteiger partial charge in [0, 0.05) is 5.56 Å². The summed E-state index contributed by atoms with van der Waals surface area (Å²) >= 11 is 0. The number of nitrogens with one attached hydrogen (secondary N) is 1. The Kier molecular flexibility index (Phi) is 5.34. The number of hydrogen-bond donors (Lipinski definition) is 1. The van der Waals surface area contributed by atoms with Crippen molar-refractivity contribution in [2.24, 2.45) is 0 Å². The van der Waals surface area contributed by atoms with Crippen LogP contribution < -0.4 is 9.46 Å². The molecule has 1 N–H and O–H groups in total. The molecule has 0 spiro atoms. The molecule has 2 aromatic carbocycles. The van der Waals surface area contributed by atoms with Gasteiger partial charge < -0.3 is 9.47 Å². The number of sulfonamides is 1. The summed E-state index contributed by atoms with van der Waals surface area (Å²) in [5.41, 5.74) is 1.65. The smallest absolute Gasteiger partial charge is 0.339 e. The van der Waals surface area contributed by atoms with Gasteiger partial charge in [-0.3, -0.25) is 0 Å². The maximum Gasteiger partial charge on any atom is 0.339 e. The highest BCUT2D eigenvalue weighted by atomic mass is 32.2. The van der Waals surface area contributed by atoms with Gasteiger partial charge in [0.1, 0.15) is 11.5 Å². The van der Waals surface area contributed by atoms with E-state index < -0.39 is 22.0 Å². The van der Waals surface area contributed by atoms with Crippen LogP contribution in [0.15, 0.2) is 64.8 Å². The summed E-state index contributed by atoms with van der Waals surface area (Å²) in [5, 5.41) is 0. The first-order valence-electron chi connectivity index (χ1n) is 8.57. The molecule has 1 aliphatic heterocycles. The summed E-state index contributed by atoms with van der Waals surface area (Å²) in [6, 6.07) is 12.6. The Morgan fingerprint density at radius 2 is 1.78 bits per heavy atom. The highest BCUT2D eigenvalue weighted by molar-refractivity contribution is 7.89. The Morgan fingerprint density at radius 1 is 1.11 bits per heavy atom. The Bertz CT molecular complexity index is 993. The molecule has 0 amide bonds. The van der Waals surface area contributed by atoms with E-state index >= 15 is 0 Å². The highest BCUT2D eigenvalue weighted by Crippen LogP contribution is 2.38. The molecule has 1 aliphatic rings. The molecule has 0 saturated heterocycles. The van der Waals surface area contributed by atoms with E-state index in [2.05, 4.69) is 4.72 Å². The maximum atomic E-state index is 12.9. The van der Waals surface area contributed by atoms with E-state index in [1.165, 1.54) is 12.1 Å². The number of allylic oxidation sites excluding steroid dienone is 1. The van der Waals surface area contributed by atoms with E-state index in [4.69, 9.17) is 9.47 Å². The molecule has 7 heteroatoms. The number of rotatable bonds is 5. The van der Waals surface area contributed by atoms with E-state index in [0.29, 0.717) is 17.1 Å². The minimum atomic E-state index is -3.87. The molecule has 3 rings (SSSR count). The third-order valence-electron chi connectivity index (χ3n) is 4.26. The fraction of sp³-hybridized carbons (Fsp3) is 0.250. The first-order valence-corrected chi connectivity index (χ1v) is 10.1. The van der Waals surface area contributed by atoms with Gasteiger partial charge in [-0.05, 0) is 39.0 Å². The Balaban J connectivity index is 2.06. The van der Waals surface area contributed by atoms with Crippen molar-refractivity contribution >= 4 is 16.0 Å². The van der Waals surface area contributed by atoms with Gasteiger partial charge in [-0.1, -0.05) is 35.9 Å². The number of ether oxygens (including phenoxy) is 2. The molecular weight excluding hydrogens is 366 g/mol. The molecule has 1 heterocycles. The van der Waals surface area contributed by atoms with E-state index in [-0.39, 0.29) is 17.1 Å². The van der Waals surface area contributed by atoms with Gasteiger partial charge >= 0.3 is 5.97 Å². The summed E-state index contributed by atoms with van der Waals surface area (Å²) in [7, 11) is -3.87. The molecule has 0 aliphatic carbocycles. The third-order valence-corrected chi connectivity index (χ3v) is 5.70. The van der Waals surface area contributed by atoms with E-state index in [0.717, 1.165) is 5.56 Å². The van der Waals surface area contributed by atoms with Gasteiger partial charge in [-0.25, -0.2) is 13.2 Å². The van der Waals surface area contributed by atoms with Gasteiger partial charge in [0.25, 0.3) is 0 Å². The number of benzene rings is 2. The second-order valence-electron chi connectivity index (χ2n) is 6.20. The van der Waals surface area contributed by atoms with Crippen LogP contribution in [0.5, 0.6) is 5.75 Å². The molecule has 0 fully saturated rings. The third kappa shape index (κ3) is 3.89. The van der Waals surface area contributed by atoms with Crippen LogP contribution in [0.1, 0.15) is 31.0 Å². The van der Waals surface area contributed by atoms with Crippen molar-refractivity contribution in [3.63, 3.8) is 0 Å². The fourth-order valence-electron chi connectivity index (χ4n) is 2.92. The van der Waals surface area contributed by atoms with E-state index in [1.807, 2.05) is 6.92 Å². The van der Waals surface area contributed by atoms with Crippen LogP contribution in [0.3, 0.4) is 0 Å². The molecule has 0 bridgehead atoms. The molecule has 0 aromatic heterocycles. The number of hydrogen-bond acceptors (Lipinski definition) is 5. The van der Waals surface area contributed by atoms with E-state index in [9.17, 15) is 13.2 Å². The zero-order valence-electron chi connectivity index (χ0n) is 15.4. The van der Waals surface area contributed by atoms with Crippen LogP contribution in [0.25, 0.3) is 0 Å². The molecule has 2 aromatic rings. The number of esters is 1. The van der Waals surface area contributed by atoms with Crippen LogP contribution in [-0.2, 0) is 19.6 Å². The summed E-state index contributed by atoms with van der Waals surface area (Å²) in [6.45, 7) is 5.37. The van der Waals surface area contributed by atoms with Crippen molar-refractivity contribution in [1.29, 1.82) is 0 Å².